The average molecular weight is 350 g/mol. The summed E-state index contributed by atoms with van der Waals surface area (Å²) in [7, 11) is -1.68. The van der Waals surface area contributed by atoms with Crippen LogP contribution in [0.25, 0.3) is 0 Å². The fourth-order valence-electron chi connectivity index (χ4n) is 2.47. The lowest BCUT2D eigenvalue weighted by molar-refractivity contribution is 0.322. The molecule has 0 unspecified atom stereocenters. The van der Waals surface area contributed by atoms with Crippen LogP contribution in [0.3, 0.4) is 0 Å². The van der Waals surface area contributed by atoms with E-state index in [1.165, 1.54) is 17.7 Å². The minimum Gasteiger partial charge on any atom is -0.302 e. The standard InChI is InChI=1S/C18H23FN2O2S/c1-15-9-10-17(19)13-18(15)24(22,23)20-11-6-12-21(2)14-16-7-4-3-5-8-16/h3-5,7-10,13,20H,6,11-12,14H2,1-2H3. The highest BCUT2D eigenvalue weighted by Crippen LogP contribution is 2.16. The minimum atomic E-state index is -3.68. The summed E-state index contributed by atoms with van der Waals surface area (Å²) in [6.45, 7) is 3.55. The molecule has 0 radical (unpaired) electrons. The van der Waals surface area contributed by atoms with Crippen LogP contribution >= 0.6 is 0 Å². The van der Waals surface area contributed by atoms with Gasteiger partial charge in [0, 0.05) is 13.1 Å². The number of hydrogen-bond donors (Lipinski definition) is 1. The van der Waals surface area contributed by atoms with Gasteiger partial charge >= 0.3 is 0 Å². The van der Waals surface area contributed by atoms with Gasteiger partial charge in [0.25, 0.3) is 0 Å². The molecule has 130 valence electrons. The maximum Gasteiger partial charge on any atom is 0.240 e. The summed E-state index contributed by atoms with van der Waals surface area (Å²) in [6, 6.07) is 13.9. The second kappa shape index (κ2) is 8.37. The number of nitrogens with zero attached hydrogens (tertiary/aromatic N) is 1. The molecule has 0 aliphatic carbocycles. The number of halogens is 1. The highest BCUT2D eigenvalue weighted by molar-refractivity contribution is 7.89. The number of nitrogens with one attached hydrogen (secondary N) is 1. The fraction of sp³-hybridized carbons (Fsp3) is 0.333. The fourth-order valence-corrected chi connectivity index (χ4v) is 3.80. The van der Waals surface area contributed by atoms with Crippen LogP contribution in [0, 0.1) is 12.7 Å². The summed E-state index contributed by atoms with van der Waals surface area (Å²) in [4.78, 5) is 2.14. The average Bonchev–Trinajstić information content (AvgIpc) is 2.55. The van der Waals surface area contributed by atoms with E-state index >= 15 is 0 Å². The summed E-state index contributed by atoms with van der Waals surface area (Å²) in [5.74, 6) is -0.552. The molecule has 0 atom stereocenters. The van der Waals surface area contributed by atoms with E-state index in [1.807, 2.05) is 25.2 Å². The Labute approximate surface area is 143 Å². The van der Waals surface area contributed by atoms with Crippen LogP contribution in [0.4, 0.5) is 4.39 Å². The number of sulfonamides is 1. The SMILES string of the molecule is Cc1ccc(F)cc1S(=O)(=O)NCCCN(C)Cc1ccccc1. The van der Waals surface area contributed by atoms with Crippen LogP contribution in [-0.2, 0) is 16.6 Å². The van der Waals surface area contributed by atoms with E-state index in [0.717, 1.165) is 19.2 Å². The largest absolute Gasteiger partial charge is 0.302 e. The summed E-state index contributed by atoms with van der Waals surface area (Å²) in [6.07, 6.45) is 0.678. The predicted octanol–water partition coefficient (Wildman–Crippen LogP) is 2.93. The number of rotatable bonds is 8. The molecule has 1 N–H and O–H groups in total. The Morgan fingerprint density at radius 3 is 2.54 bits per heavy atom. The van der Waals surface area contributed by atoms with Gasteiger partial charge in [-0.2, -0.15) is 0 Å². The van der Waals surface area contributed by atoms with Crippen molar-refractivity contribution in [2.75, 3.05) is 20.1 Å². The molecule has 0 aliphatic rings. The van der Waals surface area contributed by atoms with Crippen LogP contribution in [0.2, 0.25) is 0 Å². The zero-order valence-corrected chi connectivity index (χ0v) is 14.8. The lowest BCUT2D eigenvalue weighted by Gasteiger charge is -2.17. The van der Waals surface area contributed by atoms with Crippen LogP contribution in [0.1, 0.15) is 17.5 Å². The molecule has 0 saturated carbocycles. The zero-order chi connectivity index (χ0) is 17.6. The molecule has 24 heavy (non-hydrogen) atoms. The van der Waals surface area contributed by atoms with E-state index < -0.39 is 15.8 Å². The Kier molecular flexibility index (Phi) is 6.48. The molecule has 2 rings (SSSR count). The molecule has 2 aromatic rings. The molecule has 0 bridgehead atoms. The van der Waals surface area contributed by atoms with Gasteiger partial charge in [0.05, 0.1) is 4.90 Å². The summed E-state index contributed by atoms with van der Waals surface area (Å²) in [5.41, 5.74) is 1.75. The van der Waals surface area contributed by atoms with E-state index in [1.54, 1.807) is 6.92 Å². The molecular weight excluding hydrogens is 327 g/mol. The topological polar surface area (TPSA) is 49.4 Å². The Morgan fingerprint density at radius 1 is 1.12 bits per heavy atom. The van der Waals surface area contributed by atoms with Gasteiger partial charge in [0.1, 0.15) is 5.82 Å². The van der Waals surface area contributed by atoms with E-state index in [0.29, 0.717) is 18.5 Å². The van der Waals surface area contributed by atoms with Gasteiger partial charge in [-0.3, -0.25) is 0 Å². The highest BCUT2D eigenvalue weighted by Gasteiger charge is 2.17. The van der Waals surface area contributed by atoms with Crippen molar-refractivity contribution >= 4 is 10.0 Å². The second-order valence-electron chi connectivity index (χ2n) is 5.88. The molecule has 2 aromatic carbocycles. The monoisotopic (exact) mass is 350 g/mol. The second-order valence-corrected chi connectivity index (χ2v) is 7.62. The maximum absolute atomic E-state index is 13.3. The Hall–Kier alpha value is -1.76. The van der Waals surface area contributed by atoms with Gasteiger partial charge in [-0.25, -0.2) is 17.5 Å². The third kappa shape index (κ3) is 5.40. The van der Waals surface area contributed by atoms with Gasteiger partial charge in [-0.05, 0) is 50.2 Å². The van der Waals surface area contributed by atoms with E-state index in [-0.39, 0.29) is 4.90 Å². The highest BCUT2D eigenvalue weighted by atomic mass is 32.2. The first-order valence-corrected chi connectivity index (χ1v) is 9.35. The van der Waals surface area contributed by atoms with Crippen molar-refractivity contribution in [3.63, 3.8) is 0 Å². The number of aryl methyl sites for hydroxylation is 1. The molecule has 0 amide bonds. The lowest BCUT2D eigenvalue weighted by Crippen LogP contribution is -2.28. The molecule has 0 aliphatic heterocycles. The van der Waals surface area contributed by atoms with Gasteiger partial charge in [-0.1, -0.05) is 36.4 Å². The zero-order valence-electron chi connectivity index (χ0n) is 14.0. The summed E-state index contributed by atoms with van der Waals surface area (Å²) in [5, 5.41) is 0. The van der Waals surface area contributed by atoms with E-state index in [2.05, 4.69) is 21.8 Å². The molecule has 4 nitrogen and oxygen atoms in total. The predicted molar refractivity (Wildman–Crippen MR) is 93.7 cm³/mol. The van der Waals surface area contributed by atoms with Crippen molar-refractivity contribution in [2.24, 2.45) is 0 Å². The van der Waals surface area contributed by atoms with Crippen molar-refractivity contribution in [3.05, 3.63) is 65.5 Å². The van der Waals surface area contributed by atoms with Crippen LogP contribution in [-0.4, -0.2) is 33.5 Å². The molecule has 0 fully saturated rings. The van der Waals surface area contributed by atoms with Crippen LogP contribution in [0.15, 0.2) is 53.4 Å². The Balaban J connectivity index is 1.82. The first-order chi connectivity index (χ1) is 11.4. The van der Waals surface area contributed by atoms with E-state index in [9.17, 15) is 12.8 Å². The molecular formula is C18H23FN2O2S. The molecule has 0 spiro atoms. The van der Waals surface area contributed by atoms with Gasteiger partial charge in [0.15, 0.2) is 0 Å². The number of benzene rings is 2. The van der Waals surface area contributed by atoms with Crippen molar-refractivity contribution in [3.8, 4) is 0 Å². The third-order valence-corrected chi connectivity index (χ3v) is 5.35. The van der Waals surface area contributed by atoms with Crippen molar-refractivity contribution in [1.82, 2.24) is 9.62 Å². The molecule has 6 heteroatoms. The summed E-state index contributed by atoms with van der Waals surface area (Å²) < 4.78 is 40.3. The quantitative estimate of drug-likeness (QED) is 0.745. The lowest BCUT2D eigenvalue weighted by atomic mass is 10.2. The Bertz CT molecular complexity index is 764. The third-order valence-electron chi connectivity index (χ3n) is 3.74. The molecule has 0 aromatic heterocycles. The van der Waals surface area contributed by atoms with E-state index in [4.69, 9.17) is 0 Å². The normalized spacial score (nSPS) is 11.8. The van der Waals surface area contributed by atoms with Gasteiger partial charge < -0.3 is 4.90 Å². The van der Waals surface area contributed by atoms with Crippen LogP contribution < -0.4 is 4.72 Å². The van der Waals surface area contributed by atoms with Gasteiger partial charge in [-0.15, -0.1) is 0 Å². The molecule has 0 saturated heterocycles. The van der Waals surface area contributed by atoms with Crippen molar-refractivity contribution in [2.45, 2.75) is 24.8 Å². The first kappa shape index (κ1) is 18.6. The Morgan fingerprint density at radius 2 is 1.83 bits per heavy atom. The minimum absolute atomic E-state index is 0.000130. The molecule has 0 heterocycles. The maximum atomic E-state index is 13.3. The first-order valence-electron chi connectivity index (χ1n) is 7.87. The van der Waals surface area contributed by atoms with Crippen molar-refractivity contribution < 1.29 is 12.8 Å². The van der Waals surface area contributed by atoms with Crippen LogP contribution in [0.5, 0.6) is 0 Å². The summed E-state index contributed by atoms with van der Waals surface area (Å²) >= 11 is 0. The number of hydrogen-bond acceptors (Lipinski definition) is 3. The smallest absolute Gasteiger partial charge is 0.240 e. The van der Waals surface area contributed by atoms with Crippen molar-refractivity contribution in [1.29, 1.82) is 0 Å². The van der Waals surface area contributed by atoms with Gasteiger partial charge in [0.2, 0.25) is 10.0 Å².